The van der Waals surface area contributed by atoms with Gasteiger partial charge < -0.3 is 5.11 Å². The fraction of sp³-hybridized carbons (Fsp3) is 0.417. The highest BCUT2D eigenvalue weighted by atomic mass is 32.2. The zero-order valence-corrected chi connectivity index (χ0v) is 10.9. The Kier molecular flexibility index (Phi) is 5.64. The molecule has 5 nitrogen and oxygen atoms in total. The Morgan fingerprint density at radius 1 is 1.44 bits per heavy atom. The van der Waals surface area contributed by atoms with Crippen LogP contribution in [-0.4, -0.2) is 27.5 Å². The molecule has 0 aliphatic heterocycles. The van der Waals surface area contributed by atoms with Crippen molar-refractivity contribution >= 4 is 23.4 Å². The molecule has 0 radical (unpaired) electrons. The first-order valence-corrected chi connectivity index (χ1v) is 6.70. The molecule has 0 heterocycles. The quantitative estimate of drug-likeness (QED) is 0.467. The van der Waals surface area contributed by atoms with Crippen LogP contribution in [0.5, 0.6) is 0 Å². The number of aliphatic carboxylic acids is 1. The minimum Gasteiger partial charge on any atom is -0.481 e. The molecule has 6 heteroatoms. The maximum Gasteiger partial charge on any atom is 0.307 e. The van der Waals surface area contributed by atoms with Gasteiger partial charge in [-0.3, -0.25) is 14.9 Å². The van der Waals surface area contributed by atoms with Gasteiger partial charge in [-0.25, -0.2) is 0 Å². The number of carboxylic acid groups (broad SMARTS) is 1. The number of carbonyl (C=O) groups is 1. The molecule has 0 saturated carbocycles. The summed E-state index contributed by atoms with van der Waals surface area (Å²) in [6.07, 6.45) is 0.787. The van der Waals surface area contributed by atoms with E-state index >= 15 is 0 Å². The van der Waals surface area contributed by atoms with Gasteiger partial charge in [-0.1, -0.05) is 19.1 Å². The van der Waals surface area contributed by atoms with Crippen molar-refractivity contribution in [3.8, 4) is 0 Å². The van der Waals surface area contributed by atoms with E-state index in [-0.39, 0.29) is 11.6 Å². The number of carboxylic acids is 1. The van der Waals surface area contributed by atoms with Gasteiger partial charge in [0.25, 0.3) is 5.69 Å². The number of hydrogen-bond donors (Lipinski definition) is 1. The Hall–Kier alpha value is -1.56. The molecule has 1 unspecified atom stereocenters. The number of nitro benzene ring substituents is 1. The molecule has 0 saturated heterocycles. The highest BCUT2D eigenvalue weighted by molar-refractivity contribution is 7.99. The monoisotopic (exact) mass is 269 g/mol. The van der Waals surface area contributed by atoms with Crippen LogP contribution in [0.25, 0.3) is 0 Å². The van der Waals surface area contributed by atoms with Crippen LogP contribution in [0.3, 0.4) is 0 Å². The van der Waals surface area contributed by atoms with Crippen LogP contribution in [0.2, 0.25) is 0 Å². The molecule has 1 aromatic rings. The van der Waals surface area contributed by atoms with Crippen molar-refractivity contribution in [1.29, 1.82) is 0 Å². The second kappa shape index (κ2) is 7.00. The standard InChI is InChI=1S/C12H15NO4S/c1-9(12(14)15)8-18-7-6-10-2-4-11(5-3-10)13(16)17/h2-5,9H,6-8H2,1H3,(H,14,15). The minimum absolute atomic E-state index is 0.0888. The largest absolute Gasteiger partial charge is 0.481 e. The third kappa shape index (κ3) is 4.75. The maximum atomic E-state index is 10.6. The van der Waals surface area contributed by atoms with Crippen molar-refractivity contribution in [2.75, 3.05) is 11.5 Å². The summed E-state index contributed by atoms with van der Waals surface area (Å²) in [6.45, 7) is 1.68. The Morgan fingerprint density at radius 2 is 2.06 bits per heavy atom. The van der Waals surface area contributed by atoms with Crippen molar-refractivity contribution in [2.45, 2.75) is 13.3 Å². The van der Waals surface area contributed by atoms with Crippen molar-refractivity contribution < 1.29 is 14.8 Å². The van der Waals surface area contributed by atoms with Crippen LogP contribution in [0.4, 0.5) is 5.69 Å². The number of thioether (sulfide) groups is 1. The molecule has 1 atom stereocenters. The third-order valence-electron chi connectivity index (χ3n) is 2.47. The number of nitro groups is 1. The Balaban J connectivity index is 2.31. The van der Waals surface area contributed by atoms with Gasteiger partial charge in [0.05, 0.1) is 10.8 Å². The van der Waals surface area contributed by atoms with Crippen LogP contribution in [0.15, 0.2) is 24.3 Å². The van der Waals surface area contributed by atoms with E-state index in [1.807, 2.05) is 0 Å². The number of nitrogens with zero attached hydrogens (tertiary/aromatic N) is 1. The molecule has 1 N–H and O–H groups in total. The summed E-state index contributed by atoms with van der Waals surface area (Å²) in [5.74, 6) is 0.280. The van der Waals surface area contributed by atoms with Crippen LogP contribution < -0.4 is 0 Å². The zero-order chi connectivity index (χ0) is 13.5. The second-order valence-electron chi connectivity index (χ2n) is 3.99. The lowest BCUT2D eigenvalue weighted by molar-refractivity contribution is -0.384. The van der Waals surface area contributed by atoms with Gasteiger partial charge in [-0.2, -0.15) is 11.8 Å². The third-order valence-corrected chi connectivity index (χ3v) is 3.70. The molecule has 0 aromatic heterocycles. The molecule has 18 heavy (non-hydrogen) atoms. The summed E-state index contributed by atoms with van der Waals surface area (Å²) in [4.78, 5) is 20.6. The average molecular weight is 269 g/mol. The number of non-ortho nitro benzene ring substituents is 1. The molecule has 0 aliphatic carbocycles. The van der Waals surface area contributed by atoms with Gasteiger partial charge in [-0.15, -0.1) is 0 Å². The average Bonchev–Trinajstić information content (AvgIpc) is 2.34. The van der Waals surface area contributed by atoms with E-state index in [4.69, 9.17) is 5.11 Å². The highest BCUT2D eigenvalue weighted by Crippen LogP contribution is 2.15. The summed E-state index contributed by atoms with van der Waals surface area (Å²) in [7, 11) is 0. The number of rotatable bonds is 7. The van der Waals surface area contributed by atoms with Gasteiger partial charge in [0.2, 0.25) is 0 Å². The lowest BCUT2D eigenvalue weighted by Gasteiger charge is -2.05. The summed E-state index contributed by atoms with van der Waals surface area (Å²) in [5.41, 5.74) is 1.11. The first-order valence-electron chi connectivity index (χ1n) is 5.54. The van der Waals surface area contributed by atoms with E-state index in [2.05, 4.69) is 0 Å². The van der Waals surface area contributed by atoms with E-state index in [1.54, 1.807) is 30.8 Å². The van der Waals surface area contributed by atoms with E-state index in [1.165, 1.54) is 12.1 Å². The fourth-order valence-corrected chi connectivity index (χ4v) is 2.35. The number of hydrogen-bond acceptors (Lipinski definition) is 4. The molecular weight excluding hydrogens is 254 g/mol. The molecular formula is C12H15NO4S. The van der Waals surface area contributed by atoms with Gasteiger partial charge in [0.1, 0.15) is 0 Å². The van der Waals surface area contributed by atoms with Crippen molar-refractivity contribution in [2.24, 2.45) is 5.92 Å². The van der Waals surface area contributed by atoms with E-state index in [0.29, 0.717) is 5.75 Å². The van der Waals surface area contributed by atoms with Crippen molar-refractivity contribution in [3.05, 3.63) is 39.9 Å². The van der Waals surface area contributed by atoms with Crippen LogP contribution in [0.1, 0.15) is 12.5 Å². The first-order chi connectivity index (χ1) is 8.50. The minimum atomic E-state index is -0.780. The Bertz CT molecular complexity index is 419. The highest BCUT2D eigenvalue weighted by Gasteiger charge is 2.10. The number of benzene rings is 1. The molecule has 0 bridgehead atoms. The Labute approximate surface area is 109 Å². The summed E-state index contributed by atoms with van der Waals surface area (Å²) in [5, 5.41) is 19.2. The second-order valence-corrected chi connectivity index (χ2v) is 5.14. The van der Waals surface area contributed by atoms with E-state index < -0.39 is 10.9 Å². The van der Waals surface area contributed by atoms with Crippen LogP contribution >= 0.6 is 11.8 Å². The SMILES string of the molecule is CC(CSCCc1ccc([N+](=O)[O-])cc1)C(=O)O. The summed E-state index contributed by atoms with van der Waals surface area (Å²) >= 11 is 1.58. The lowest BCUT2D eigenvalue weighted by Crippen LogP contribution is -2.12. The molecule has 98 valence electrons. The Morgan fingerprint density at radius 3 is 2.56 bits per heavy atom. The first kappa shape index (κ1) is 14.5. The summed E-state index contributed by atoms with van der Waals surface area (Å²) < 4.78 is 0. The van der Waals surface area contributed by atoms with Crippen LogP contribution in [-0.2, 0) is 11.2 Å². The molecule has 1 aromatic carbocycles. The molecule has 0 spiro atoms. The molecule has 0 aliphatic rings. The number of aryl methyl sites for hydroxylation is 1. The summed E-state index contributed by atoms with van der Waals surface area (Å²) in [6, 6.07) is 6.44. The van der Waals surface area contributed by atoms with E-state index in [9.17, 15) is 14.9 Å². The molecule has 0 amide bonds. The van der Waals surface area contributed by atoms with Gasteiger partial charge in [-0.05, 0) is 17.7 Å². The predicted molar refractivity (Wildman–Crippen MR) is 70.9 cm³/mol. The zero-order valence-electron chi connectivity index (χ0n) is 10.0. The van der Waals surface area contributed by atoms with Gasteiger partial charge >= 0.3 is 5.97 Å². The van der Waals surface area contributed by atoms with Crippen molar-refractivity contribution in [3.63, 3.8) is 0 Å². The topological polar surface area (TPSA) is 80.4 Å². The maximum absolute atomic E-state index is 10.6. The van der Waals surface area contributed by atoms with Gasteiger partial charge in [0, 0.05) is 17.9 Å². The predicted octanol–water partition coefficient (Wildman–Crippen LogP) is 2.59. The molecule has 1 rings (SSSR count). The fourth-order valence-electron chi connectivity index (χ4n) is 1.31. The van der Waals surface area contributed by atoms with Gasteiger partial charge in [0.15, 0.2) is 0 Å². The smallest absolute Gasteiger partial charge is 0.307 e. The molecule has 0 fully saturated rings. The normalized spacial score (nSPS) is 12.1. The van der Waals surface area contributed by atoms with E-state index in [0.717, 1.165) is 17.7 Å². The lowest BCUT2D eigenvalue weighted by atomic mass is 10.1. The van der Waals surface area contributed by atoms with Crippen molar-refractivity contribution in [1.82, 2.24) is 0 Å². The van der Waals surface area contributed by atoms with Crippen LogP contribution in [0, 0.1) is 16.0 Å².